The first-order chi connectivity index (χ1) is 12.0. The molecule has 0 saturated carbocycles. The molecule has 2 rings (SSSR count). The Morgan fingerprint density at radius 1 is 1.00 bits per heavy atom. The second-order valence-electron chi connectivity index (χ2n) is 5.01. The summed E-state index contributed by atoms with van der Waals surface area (Å²) >= 11 is 9.26. The van der Waals surface area contributed by atoms with Crippen molar-refractivity contribution >= 4 is 39.3 Å². The van der Waals surface area contributed by atoms with Gasteiger partial charge in [0.1, 0.15) is 11.5 Å². The SMILES string of the molecule is Cc1cc(Br)ccc1OCC(=O)NNC(=O)COc1ccccc1Cl. The predicted octanol–water partition coefficient (Wildman–Crippen LogP) is 3.02. The molecule has 0 bridgehead atoms. The predicted molar refractivity (Wildman–Crippen MR) is 97.6 cm³/mol. The molecule has 2 aromatic rings. The molecule has 0 aliphatic heterocycles. The van der Waals surface area contributed by atoms with Crippen LogP contribution in [0.1, 0.15) is 5.56 Å². The standard InChI is InChI=1S/C17H16BrClN2O4/c1-11-8-12(18)6-7-14(11)24-9-16(22)20-21-17(23)10-25-15-5-3-2-4-13(15)19/h2-8H,9-10H2,1H3,(H,20,22)(H,21,23). The molecule has 0 aliphatic rings. The van der Waals surface area contributed by atoms with E-state index in [1.165, 1.54) is 0 Å². The lowest BCUT2D eigenvalue weighted by Gasteiger charge is -2.11. The van der Waals surface area contributed by atoms with Crippen molar-refractivity contribution in [1.29, 1.82) is 0 Å². The zero-order chi connectivity index (χ0) is 18.2. The molecule has 0 fully saturated rings. The third-order valence-electron chi connectivity index (χ3n) is 3.03. The second kappa shape index (κ2) is 9.29. The van der Waals surface area contributed by atoms with Crippen LogP contribution in [-0.4, -0.2) is 25.0 Å². The van der Waals surface area contributed by atoms with E-state index in [4.69, 9.17) is 21.1 Å². The molecular weight excluding hydrogens is 412 g/mol. The van der Waals surface area contributed by atoms with Crippen molar-refractivity contribution in [2.75, 3.05) is 13.2 Å². The van der Waals surface area contributed by atoms with Gasteiger partial charge in [0.15, 0.2) is 13.2 Å². The molecule has 8 heteroatoms. The van der Waals surface area contributed by atoms with Crippen LogP contribution in [0.15, 0.2) is 46.9 Å². The summed E-state index contributed by atoms with van der Waals surface area (Å²) in [6.07, 6.45) is 0. The van der Waals surface area contributed by atoms with E-state index in [9.17, 15) is 9.59 Å². The lowest BCUT2D eigenvalue weighted by molar-refractivity contribution is -0.131. The van der Waals surface area contributed by atoms with Crippen molar-refractivity contribution in [2.45, 2.75) is 6.92 Å². The van der Waals surface area contributed by atoms with Crippen LogP contribution in [0.4, 0.5) is 0 Å². The summed E-state index contributed by atoms with van der Waals surface area (Å²) < 4.78 is 11.6. The smallest absolute Gasteiger partial charge is 0.276 e. The fraction of sp³-hybridized carbons (Fsp3) is 0.176. The Morgan fingerprint density at radius 2 is 1.60 bits per heavy atom. The minimum Gasteiger partial charge on any atom is -0.483 e. The molecule has 132 valence electrons. The maximum Gasteiger partial charge on any atom is 0.276 e. The molecule has 0 saturated heterocycles. The van der Waals surface area contributed by atoms with Gasteiger partial charge in [-0.3, -0.25) is 20.4 Å². The summed E-state index contributed by atoms with van der Waals surface area (Å²) in [5.41, 5.74) is 5.38. The van der Waals surface area contributed by atoms with Crippen LogP contribution in [0.25, 0.3) is 0 Å². The minimum absolute atomic E-state index is 0.228. The maximum absolute atomic E-state index is 11.7. The molecular formula is C17H16BrClN2O4. The number of nitrogens with one attached hydrogen (secondary N) is 2. The first-order valence-electron chi connectivity index (χ1n) is 7.29. The number of amides is 2. The number of hydrazine groups is 1. The first kappa shape index (κ1) is 19.1. The summed E-state index contributed by atoms with van der Waals surface area (Å²) in [5.74, 6) is -0.0343. The van der Waals surface area contributed by atoms with E-state index < -0.39 is 11.8 Å². The quantitative estimate of drug-likeness (QED) is 0.695. The van der Waals surface area contributed by atoms with Crippen LogP contribution in [-0.2, 0) is 9.59 Å². The zero-order valence-electron chi connectivity index (χ0n) is 13.3. The topological polar surface area (TPSA) is 76.7 Å². The Bertz CT molecular complexity index is 770. The molecule has 2 amide bonds. The van der Waals surface area contributed by atoms with Crippen molar-refractivity contribution < 1.29 is 19.1 Å². The van der Waals surface area contributed by atoms with Gasteiger partial charge in [0.2, 0.25) is 0 Å². The molecule has 0 heterocycles. The number of carbonyl (C=O) groups is 2. The van der Waals surface area contributed by atoms with Crippen molar-refractivity contribution in [1.82, 2.24) is 10.9 Å². The maximum atomic E-state index is 11.7. The van der Waals surface area contributed by atoms with Gasteiger partial charge in [-0.2, -0.15) is 0 Å². The Hall–Kier alpha value is -2.25. The van der Waals surface area contributed by atoms with E-state index >= 15 is 0 Å². The molecule has 0 spiro atoms. The zero-order valence-corrected chi connectivity index (χ0v) is 15.7. The Kier molecular flexibility index (Phi) is 7.09. The van der Waals surface area contributed by atoms with E-state index in [-0.39, 0.29) is 13.2 Å². The molecule has 0 aliphatic carbocycles. The van der Waals surface area contributed by atoms with Gasteiger partial charge in [-0.05, 0) is 42.8 Å². The van der Waals surface area contributed by atoms with Crippen LogP contribution in [0.2, 0.25) is 5.02 Å². The Balaban J connectivity index is 1.70. The second-order valence-corrected chi connectivity index (χ2v) is 6.34. The molecule has 6 nitrogen and oxygen atoms in total. The molecule has 0 atom stereocenters. The average Bonchev–Trinajstić information content (AvgIpc) is 2.58. The monoisotopic (exact) mass is 426 g/mol. The number of hydrogen-bond donors (Lipinski definition) is 2. The fourth-order valence-corrected chi connectivity index (χ4v) is 2.50. The number of hydrogen-bond acceptors (Lipinski definition) is 4. The normalized spacial score (nSPS) is 10.0. The highest BCUT2D eigenvalue weighted by Gasteiger charge is 2.08. The molecule has 2 aromatic carbocycles. The van der Waals surface area contributed by atoms with Crippen molar-refractivity contribution in [3.63, 3.8) is 0 Å². The van der Waals surface area contributed by atoms with E-state index in [0.717, 1.165) is 10.0 Å². The van der Waals surface area contributed by atoms with Gasteiger partial charge < -0.3 is 9.47 Å². The van der Waals surface area contributed by atoms with Crippen LogP contribution >= 0.6 is 27.5 Å². The lowest BCUT2D eigenvalue weighted by Crippen LogP contribution is -2.45. The number of carbonyl (C=O) groups excluding carboxylic acids is 2. The van der Waals surface area contributed by atoms with E-state index in [0.29, 0.717) is 16.5 Å². The van der Waals surface area contributed by atoms with Gasteiger partial charge in [0, 0.05) is 4.47 Å². The summed E-state index contributed by atoms with van der Waals surface area (Å²) in [6.45, 7) is 1.36. The van der Waals surface area contributed by atoms with Crippen molar-refractivity contribution in [3.05, 3.63) is 57.5 Å². The number of para-hydroxylation sites is 1. The first-order valence-corrected chi connectivity index (χ1v) is 8.47. The number of aryl methyl sites for hydroxylation is 1. The van der Waals surface area contributed by atoms with Crippen molar-refractivity contribution in [2.24, 2.45) is 0 Å². The summed E-state index contributed by atoms with van der Waals surface area (Å²) in [7, 11) is 0. The summed E-state index contributed by atoms with van der Waals surface area (Å²) in [4.78, 5) is 23.4. The highest BCUT2D eigenvalue weighted by molar-refractivity contribution is 9.10. The van der Waals surface area contributed by atoms with Gasteiger partial charge in [0.25, 0.3) is 11.8 Å². The number of halogens is 2. The molecule has 2 N–H and O–H groups in total. The molecule has 0 aromatic heterocycles. The average molecular weight is 428 g/mol. The highest BCUT2D eigenvalue weighted by atomic mass is 79.9. The van der Waals surface area contributed by atoms with E-state index in [2.05, 4.69) is 26.8 Å². The Labute approximate surface area is 158 Å². The Morgan fingerprint density at radius 3 is 2.20 bits per heavy atom. The number of ether oxygens (including phenoxy) is 2. The largest absolute Gasteiger partial charge is 0.483 e. The van der Waals surface area contributed by atoms with Crippen LogP contribution < -0.4 is 20.3 Å². The van der Waals surface area contributed by atoms with Crippen LogP contribution in [0.3, 0.4) is 0 Å². The summed E-state index contributed by atoms with van der Waals surface area (Å²) in [5, 5.41) is 0.401. The third-order valence-corrected chi connectivity index (χ3v) is 3.84. The van der Waals surface area contributed by atoms with E-state index in [1.807, 2.05) is 19.1 Å². The van der Waals surface area contributed by atoms with E-state index in [1.54, 1.807) is 30.3 Å². The fourth-order valence-electron chi connectivity index (χ4n) is 1.83. The van der Waals surface area contributed by atoms with Crippen LogP contribution in [0.5, 0.6) is 11.5 Å². The lowest BCUT2D eigenvalue weighted by atomic mass is 10.2. The van der Waals surface area contributed by atoms with Crippen LogP contribution in [0, 0.1) is 6.92 Å². The number of benzene rings is 2. The van der Waals surface area contributed by atoms with Gasteiger partial charge in [-0.1, -0.05) is 39.7 Å². The number of rotatable bonds is 6. The third kappa shape index (κ3) is 6.28. The molecule has 0 unspecified atom stereocenters. The van der Waals surface area contributed by atoms with Gasteiger partial charge >= 0.3 is 0 Å². The molecule has 0 radical (unpaired) electrons. The van der Waals surface area contributed by atoms with Gasteiger partial charge in [-0.25, -0.2) is 0 Å². The highest BCUT2D eigenvalue weighted by Crippen LogP contribution is 2.23. The van der Waals surface area contributed by atoms with Gasteiger partial charge in [-0.15, -0.1) is 0 Å². The van der Waals surface area contributed by atoms with Crippen molar-refractivity contribution in [3.8, 4) is 11.5 Å². The van der Waals surface area contributed by atoms with Gasteiger partial charge in [0.05, 0.1) is 5.02 Å². The molecule has 25 heavy (non-hydrogen) atoms. The minimum atomic E-state index is -0.520. The summed E-state index contributed by atoms with van der Waals surface area (Å²) in [6, 6.07) is 12.2.